The fourth-order valence-electron chi connectivity index (χ4n) is 3.27. The Morgan fingerprint density at radius 1 is 0.971 bits per heavy atom. The summed E-state index contributed by atoms with van der Waals surface area (Å²) >= 11 is 18.5. The van der Waals surface area contributed by atoms with Gasteiger partial charge in [-0.15, -0.1) is 0 Å². The van der Waals surface area contributed by atoms with Gasteiger partial charge < -0.3 is 15.8 Å². The number of hydrogen-bond donors (Lipinski definition) is 3. The maximum Gasteiger partial charge on any atom is 0.335 e. The van der Waals surface area contributed by atoms with Crippen molar-refractivity contribution in [1.82, 2.24) is 9.55 Å². The molecule has 0 atom stereocenters. The molecule has 170 valence electrons. The maximum atomic E-state index is 13.6. The molecule has 0 amide bonds. The number of benzene rings is 3. The van der Waals surface area contributed by atoms with E-state index in [4.69, 9.17) is 45.3 Å². The molecule has 4 aromatic rings. The van der Waals surface area contributed by atoms with E-state index in [0.29, 0.717) is 27.0 Å². The van der Waals surface area contributed by atoms with Gasteiger partial charge >= 0.3 is 5.97 Å². The van der Waals surface area contributed by atoms with Crippen LogP contribution in [0.2, 0.25) is 15.1 Å². The van der Waals surface area contributed by atoms with Crippen molar-refractivity contribution >= 4 is 58.5 Å². The van der Waals surface area contributed by atoms with E-state index in [0.717, 1.165) is 6.21 Å². The Hall–Kier alpha value is -3.65. The number of nitrogens with zero attached hydrogens (tertiary/aromatic N) is 2. The molecule has 4 rings (SSSR count). The van der Waals surface area contributed by atoms with Crippen molar-refractivity contribution in [1.29, 1.82) is 5.41 Å². The first-order valence-corrected chi connectivity index (χ1v) is 10.9. The zero-order valence-electron chi connectivity index (χ0n) is 17.2. The number of aromatic nitrogens is 2. The van der Waals surface area contributed by atoms with E-state index in [2.05, 4.69) is 10.3 Å². The standard InChI is InChI=1S/C24H15Cl3N4O3/c25-14-3-8-17(9-4-14)31-22(18-10-5-15(26)11-20(18)27)30-21(19(12-28)23(31)32)29-16-6-1-13(2-7-16)24(33)34/h1-12,28-29H,(H,33,34). The number of carbonyl (C=O) groups is 1. The summed E-state index contributed by atoms with van der Waals surface area (Å²) in [7, 11) is 0. The second-order valence-electron chi connectivity index (χ2n) is 7.09. The average Bonchev–Trinajstić information content (AvgIpc) is 2.80. The third-order valence-electron chi connectivity index (χ3n) is 4.91. The summed E-state index contributed by atoms with van der Waals surface area (Å²) in [5.41, 5.74) is 0.987. The second-order valence-corrected chi connectivity index (χ2v) is 8.37. The molecule has 0 aliphatic carbocycles. The van der Waals surface area contributed by atoms with Gasteiger partial charge in [-0.25, -0.2) is 9.78 Å². The summed E-state index contributed by atoms with van der Waals surface area (Å²) in [6, 6.07) is 17.3. The lowest BCUT2D eigenvalue weighted by molar-refractivity contribution is 0.0697. The van der Waals surface area contributed by atoms with Gasteiger partial charge in [0, 0.05) is 27.5 Å². The van der Waals surface area contributed by atoms with Gasteiger partial charge in [0.25, 0.3) is 5.56 Å². The number of anilines is 2. The molecule has 0 saturated carbocycles. The largest absolute Gasteiger partial charge is 0.478 e. The van der Waals surface area contributed by atoms with Crippen molar-refractivity contribution in [3.63, 3.8) is 0 Å². The molecule has 1 aromatic heterocycles. The van der Waals surface area contributed by atoms with Crippen molar-refractivity contribution < 1.29 is 9.90 Å². The van der Waals surface area contributed by atoms with Crippen LogP contribution in [0.15, 0.2) is 71.5 Å². The zero-order chi connectivity index (χ0) is 24.4. The highest BCUT2D eigenvalue weighted by Gasteiger charge is 2.20. The molecule has 0 aliphatic rings. The Balaban J connectivity index is 1.95. The van der Waals surface area contributed by atoms with Gasteiger partial charge in [0.2, 0.25) is 0 Å². The summed E-state index contributed by atoms with van der Waals surface area (Å²) in [4.78, 5) is 29.3. The van der Waals surface area contributed by atoms with E-state index in [-0.39, 0.29) is 27.8 Å². The maximum absolute atomic E-state index is 13.6. The Bertz CT molecular complexity index is 1470. The quantitative estimate of drug-likeness (QED) is 0.262. The lowest BCUT2D eigenvalue weighted by Gasteiger charge is -2.18. The van der Waals surface area contributed by atoms with E-state index < -0.39 is 11.5 Å². The van der Waals surface area contributed by atoms with Crippen LogP contribution in [0.4, 0.5) is 11.5 Å². The molecule has 0 aliphatic heterocycles. The van der Waals surface area contributed by atoms with Crippen LogP contribution in [-0.4, -0.2) is 26.8 Å². The van der Waals surface area contributed by atoms with E-state index in [1.165, 1.54) is 16.7 Å². The van der Waals surface area contributed by atoms with Crippen LogP contribution in [0.5, 0.6) is 0 Å². The number of aromatic carboxylic acids is 1. The minimum atomic E-state index is -1.06. The molecule has 10 heteroatoms. The molecule has 7 nitrogen and oxygen atoms in total. The van der Waals surface area contributed by atoms with Gasteiger partial charge in [-0.2, -0.15) is 0 Å². The number of nitrogens with one attached hydrogen (secondary N) is 2. The highest BCUT2D eigenvalue weighted by atomic mass is 35.5. The Kier molecular flexibility index (Phi) is 6.70. The molecular weight excluding hydrogens is 499 g/mol. The highest BCUT2D eigenvalue weighted by molar-refractivity contribution is 6.36. The van der Waals surface area contributed by atoms with Crippen molar-refractivity contribution in [2.24, 2.45) is 0 Å². The fraction of sp³-hybridized carbons (Fsp3) is 0. The highest BCUT2D eigenvalue weighted by Crippen LogP contribution is 2.32. The molecule has 0 fully saturated rings. The van der Waals surface area contributed by atoms with Crippen molar-refractivity contribution in [3.8, 4) is 17.1 Å². The number of rotatable bonds is 6. The van der Waals surface area contributed by atoms with Gasteiger partial charge in [-0.1, -0.05) is 34.8 Å². The summed E-state index contributed by atoms with van der Waals surface area (Å²) in [6.07, 6.45) is 0.906. The Morgan fingerprint density at radius 3 is 2.21 bits per heavy atom. The van der Waals surface area contributed by atoms with Crippen LogP contribution in [0.3, 0.4) is 0 Å². The van der Waals surface area contributed by atoms with Gasteiger partial charge in [-0.3, -0.25) is 9.36 Å². The Labute approximate surface area is 208 Å². The van der Waals surface area contributed by atoms with Crippen molar-refractivity contribution in [2.75, 3.05) is 5.32 Å². The molecule has 1 heterocycles. The summed E-state index contributed by atoms with van der Waals surface area (Å²) in [5.74, 6) is -0.742. The molecule has 0 unspecified atom stereocenters. The summed E-state index contributed by atoms with van der Waals surface area (Å²) < 4.78 is 1.34. The summed E-state index contributed by atoms with van der Waals surface area (Å²) in [5, 5.41) is 21.2. The van der Waals surface area contributed by atoms with Crippen LogP contribution in [0.25, 0.3) is 17.1 Å². The van der Waals surface area contributed by atoms with Gasteiger partial charge in [-0.05, 0) is 66.7 Å². The first-order valence-electron chi connectivity index (χ1n) is 9.77. The lowest BCUT2D eigenvalue weighted by atomic mass is 10.1. The van der Waals surface area contributed by atoms with Gasteiger partial charge in [0.15, 0.2) is 5.82 Å². The third-order valence-corrected chi connectivity index (χ3v) is 5.71. The summed E-state index contributed by atoms with van der Waals surface area (Å²) in [6.45, 7) is 0. The number of halogens is 3. The third kappa shape index (κ3) is 4.68. The predicted molar refractivity (Wildman–Crippen MR) is 135 cm³/mol. The molecule has 0 saturated heterocycles. The average molecular weight is 514 g/mol. The van der Waals surface area contributed by atoms with Crippen molar-refractivity contribution in [3.05, 3.63) is 103 Å². The van der Waals surface area contributed by atoms with E-state index >= 15 is 0 Å². The topological polar surface area (TPSA) is 108 Å². The fourth-order valence-corrected chi connectivity index (χ4v) is 3.89. The first kappa shape index (κ1) is 23.5. The van der Waals surface area contributed by atoms with E-state index in [1.54, 1.807) is 54.6 Å². The lowest BCUT2D eigenvalue weighted by Crippen LogP contribution is -2.27. The smallest absolute Gasteiger partial charge is 0.335 e. The monoisotopic (exact) mass is 512 g/mol. The molecule has 0 spiro atoms. The number of carboxylic acid groups (broad SMARTS) is 1. The van der Waals surface area contributed by atoms with Crippen LogP contribution in [0.1, 0.15) is 15.9 Å². The normalized spacial score (nSPS) is 10.7. The zero-order valence-corrected chi connectivity index (χ0v) is 19.5. The van der Waals surface area contributed by atoms with E-state index in [1.807, 2.05) is 0 Å². The molecule has 3 N–H and O–H groups in total. The molecule has 3 aromatic carbocycles. The number of carboxylic acids is 1. The molecule has 0 radical (unpaired) electrons. The number of hydrogen-bond acceptors (Lipinski definition) is 5. The predicted octanol–water partition coefficient (Wildman–Crippen LogP) is 6.30. The van der Waals surface area contributed by atoms with Crippen LogP contribution in [0, 0.1) is 5.41 Å². The van der Waals surface area contributed by atoms with Crippen molar-refractivity contribution in [2.45, 2.75) is 0 Å². The van der Waals surface area contributed by atoms with Gasteiger partial charge in [0.05, 0.1) is 16.3 Å². The minimum Gasteiger partial charge on any atom is -0.478 e. The van der Waals surface area contributed by atoms with E-state index in [9.17, 15) is 9.59 Å². The second kappa shape index (κ2) is 9.69. The SMILES string of the molecule is N=Cc1c(Nc2ccc(C(=O)O)cc2)nc(-c2ccc(Cl)cc2Cl)n(-c2ccc(Cl)cc2)c1=O. The first-order chi connectivity index (χ1) is 16.3. The van der Waals surface area contributed by atoms with Crippen LogP contribution in [-0.2, 0) is 0 Å². The van der Waals surface area contributed by atoms with Crippen LogP contribution >= 0.6 is 34.8 Å². The van der Waals surface area contributed by atoms with Crippen LogP contribution < -0.4 is 10.9 Å². The Morgan fingerprint density at radius 2 is 1.62 bits per heavy atom. The minimum absolute atomic E-state index is 0.00824. The molecular formula is C24H15Cl3N4O3. The van der Waals surface area contributed by atoms with Gasteiger partial charge in [0.1, 0.15) is 11.4 Å². The molecule has 34 heavy (non-hydrogen) atoms. The molecule has 0 bridgehead atoms.